The average Bonchev–Trinajstić information content (AvgIpc) is 1.86. The zero-order chi connectivity index (χ0) is 8.69. The molecule has 0 spiro atoms. The largest absolute Gasteiger partial charge is 0.356 e. The van der Waals surface area contributed by atoms with Crippen LogP contribution in [0.5, 0.6) is 0 Å². The van der Waals surface area contributed by atoms with E-state index < -0.39 is 0 Å². The summed E-state index contributed by atoms with van der Waals surface area (Å²) in [7, 11) is 0. The van der Waals surface area contributed by atoms with Gasteiger partial charge in [0, 0.05) is 13.0 Å². The van der Waals surface area contributed by atoms with Crippen LogP contribution < -0.4 is 5.32 Å². The van der Waals surface area contributed by atoms with E-state index in [9.17, 15) is 4.79 Å². The summed E-state index contributed by atoms with van der Waals surface area (Å²) < 4.78 is 0. The van der Waals surface area contributed by atoms with E-state index in [0.29, 0.717) is 12.3 Å². The lowest BCUT2D eigenvalue weighted by molar-refractivity contribution is -0.121. The molecule has 0 aromatic carbocycles. The van der Waals surface area contributed by atoms with Crippen molar-refractivity contribution in [2.45, 2.75) is 33.1 Å². The number of carbonyl (C=O) groups excluding carboxylic acids is 1. The van der Waals surface area contributed by atoms with Crippen LogP contribution in [0, 0.1) is 12.8 Å². The Bertz CT molecular complexity index is 110. The Morgan fingerprint density at radius 2 is 2.18 bits per heavy atom. The topological polar surface area (TPSA) is 29.1 Å². The maximum Gasteiger partial charge on any atom is 0.220 e. The van der Waals surface area contributed by atoms with Crippen molar-refractivity contribution < 1.29 is 4.79 Å². The quantitative estimate of drug-likeness (QED) is 0.604. The van der Waals surface area contributed by atoms with Crippen LogP contribution in [0.3, 0.4) is 0 Å². The van der Waals surface area contributed by atoms with E-state index >= 15 is 0 Å². The van der Waals surface area contributed by atoms with E-state index in [1.54, 1.807) is 0 Å². The average molecular weight is 156 g/mol. The summed E-state index contributed by atoms with van der Waals surface area (Å²) in [5, 5.41) is 2.84. The summed E-state index contributed by atoms with van der Waals surface area (Å²) in [5.41, 5.74) is 0. The van der Waals surface area contributed by atoms with Gasteiger partial charge >= 0.3 is 0 Å². The molecule has 0 saturated heterocycles. The molecule has 0 heterocycles. The monoisotopic (exact) mass is 156 g/mol. The first kappa shape index (κ1) is 10.5. The number of rotatable bonds is 5. The van der Waals surface area contributed by atoms with Gasteiger partial charge in [-0.1, -0.05) is 27.2 Å². The summed E-state index contributed by atoms with van der Waals surface area (Å²) in [6.45, 7) is 8.55. The SMILES string of the molecule is [CH2]CCCNC(=O)CC(C)C. The molecular weight excluding hydrogens is 138 g/mol. The zero-order valence-electron chi connectivity index (χ0n) is 7.52. The highest BCUT2D eigenvalue weighted by atomic mass is 16.1. The van der Waals surface area contributed by atoms with E-state index in [0.717, 1.165) is 19.4 Å². The highest BCUT2D eigenvalue weighted by Crippen LogP contribution is 1.97. The summed E-state index contributed by atoms with van der Waals surface area (Å²) >= 11 is 0. The van der Waals surface area contributed by atoms with Crippen LogP contribution in [-0.4, -0.2) is 12.5 Å². The molecule has 0 aromatic rings. The Labute approximate surface area is 69.4 Å². The molecule has 65 valence electrons. The molecular formula is C9H18NO. The van der Waals surface area contributed by atoms with Gasteiger partial charge in [-0.15, -0.1) is 0 Å². The molecule has 0 atom stereocenters. The molecule has 2 nitrogen and oxygen atoms in total. The van der Waals surface area contributed by atoms with Gasteiger partial charge in [-0.25, -0.2) is 0 Å². The lowest BCUT2D eigenvalue weighted by Gasteiger charge is -2.05. The van der Waals surface area contributed by atoms with Crippen LogP contribution in [0.1, 0.15) is 33.1 Å². The third kappa shape index (κ3) is 7.37. The second-order valence-electron chi connectivity index (χ2n) is 3.16. The van der Waals surface area contributed by atoms with Gasteiger partial charge in [0.25, 0.3) is 0 Å². The first-order chi connectivity index (χ1) is 5.16. The maximum atomic E-state index is 11.0. The predicted molar refractivity (Wildman–Crippen MR) is 47.1 cm³/mol. The molecule has 0 fully saturated rings. The third-order valence-electron chi connectivity index (χ3n) is 1.34. The van der Waals surface area contributed by atoms with Crippen molar-refractivity contribution in [1.29, 1.82) is 0 Å². The molecule has 0 aliphatic rings. The first-order valence-electron chi connectivity index (χ1n) is 4.22. The van der Waals surface area contributed by atoms with Gasteiger partial charge in [0.1, 0.15) is 0 Å². The Morgan fingerprint density at radius 1 is 1.55 bits per heavy atom. The van der Waals surface area contributed by atoms with Crippen molar-refractivity contribution in [3.63, 3.8) is 0 Å². The minimum atomic E-state index is 0.161. The Morgan fingerprint density at radius 3 is 2.64 bits per heavy atom. The lowest BCUT2D eigenvalue weighted by atomic mass is 10.1. The zero-order valence-corrected chi connectivity index (χ0v) is 7.52. The second-order valence-corrected chi connectivity index (χ2v) is 3.16. The van der Waals surface area contributed by atoms with Gasteiger partial charge in [0.2, 0.25) is 5.91 Å². The van der Waals surface area contributed by atoms with E-state index in [2.05, 4.69) is 12.2 Å². The molecule has 0 aliphatic carbocycles. The summed E-state index contributed by atoms with van der Waals surface area (Å²) in [5.74, 6) is 0.614. The fourth-order valence-corrected chi connectivity index (χ4v) is 0.796. The van der Waals surface area contributed by atoms with Crippen LogP contribution in [0.25, 0.3) is 0 Å². The molecule has 1 radical (unpaired) electrons. The normalized spacial score (nSPS) is 10.2. The van der Waals surface area contributed by atoms with Crippen molar-refractivity contribution in [1.82, 2.24) is 5.32 Å². The fraction of sp³-hybridized carbons (Fsp3) is 0.778. The van der Waals surface area contributed by atoms with E-state index in [1.807, 2.05) is 13.8 Å². The standard InChI is InChI=1S/C9H18NO/c1-4-5-6-10-9(11)7-8(2)3/h8H,1,4-7H2,2-3H3,(H,10,11). The number of amides is 1. The Kier molecular flexibility index (Phi) is 5.90. The van der Waals surface area contributed by atoms with Crippen molar-refractivity contribution in [2.24, 2.45) is 5.92 Å². The summed E-state index contributed by atoms with van der Waals surface area (Å²) in [4.78, 5) is 11.0. The van der Waals surface area contributed by atoms with E-state index in [1.165, 1.54) is 0 Å². The van der Waals surface area contributed by atoms with Crippen LogP contribution in [0.4, 0.5) is 0 Å². The highest BCUT2D eigenvalue weighted by Gasteiger charge is 2.02. The molecule has 1 N–H and O–H groups in total. The van der Waals surface area contributed by atoms with Crippen molar-refractivity contribution >= 4 is 5.91 Å². The predicted octanol–water partition coefficient (Wildman–Crippen LogP) is 1.76. The van der Waals surface area contributed by atoms with Gasteiger partial charge in [0.05, 0.1) is 0 Å². The molecule has 0 saturated carbocycles. The van der Waals surface area contributed by atoms with Gasteiger partial charge in [-0.3, -0.25) is 4.79 Å². The van der Waals surface area contributed by atoms with Gasteiger partial charge in [-0.05, 0) is 12.3 Å². The minimum absolute atomic E-state index is 0.161. The van der Waals surface area contributed by atoms with Crippen LogP contribution in [0.15, 0.2) is 0 Å². The molecule has 1 amide bonds. The minimum Gasteiger partial charge on any atom is -0.356 e. The van der Waals surface area contributed by atoms with Crippen LogP contribution in [0.2, 0.25) is 0 Å². The van der Waals surface area contributed by atoms with Crippen molar-refractivity contribution in [3.05, 3.63) is 6.92 Å². The van der Waals surface area contributed by atoms with Crippen molar-refractivity contribution in [3.8, 4) is 0 Å². The number of carbonyl (C=O) groups is 1. The Balaban J connectivity index is 3.23. The van der Waals surface area contributed by atoms with Gasteiger partial charge in [0.15, 0.2) is 0 Å². The van der Waals surface area contributed by atoms with E-state index in [4.69, 9.17) is 0 Å². The Hall–Kier alpha value is -0.530. The lowest BCUT2D eigenvalue weighted by Crippen LogP contribution is -2.25. The number of hydrogen-bond acceptors (Lipinski definition) is 1. The molecule has 11 heavy (non-hydrogen) atoms. The molecule has 0 aromatic heterocycles. The fourth-order valence-electron chi connectivity index (χ4n) is 0.796. The smallest absolute Gasteiger partial charge is 0.220 e. The number of nitrogens with one attached hydrogen (secondary N) is 1. The molecule has 0 bridgehead atoms. The molecule has 0 unspecified atom stereocenters. The van der Waals surface area contributed by atoms with Gasteiger partial charge < -0.3 is 5.32 Å². The van der Waals surface area contributed by atoms with E-state index in [-0.39, 0.29) is 5.91 Å². The van der Waals surface area contributed by atoms with Crippen LogP contribution in [-0.2, 0) is 4.79 Å². The highest BCUT2D eigenvalue weighted by molar-refractivity contribution is 5.75. The summed E-state index contributed by atoms with van der Waals surface area (Å²) in [6, 6.07) is 0. The van der Waals surface area contributed by atoms with Gasteiger partial charge in [-0.2, -0.15) is 0 Å². The number of unbranched alkanes of at least 4 members (excludes halogenated alkanes) is 1. The number of hydrogen-bond donors (Lipinski definition) is 1. The van der Waals surface area contributed by atoms with Crippen LogP contribution >= 0.6 is 0 Å². The molecule has 2 heteroatoms. The van der Waals surface area contributed by atoms with Crippen molar-refractivity contribution in [2.75, 3.05) is 6.54 Å². The summed E-state index contributed by atoms with van der Waals surface area (Å²) in [6.07, 6.45) is 2.50. The third-order valence-corrected chi connectivity index (χ3v) is 1.34. The molecule has 0 rings (SSSR count). The molecule has 0 aliphatic heterocycles. The maximum absolute atomic E-state index is 11.0. The second kappa shape index (κ2) is 6.20. The first-order valence-corrected chi connectivity index (χ1v) is 4.22.